The maximum absolute atomic E-state index is 12.3. The molecule has 2 rings (SSSR count). The molecule has 1 fully saturated rings. The van der Waals surface area contributed by atoms with Gasteiger partial charge in [-0.15, -0.1) is 0 Å². The fourth-order valence-electron chi connectivity index (χ4n) is 2.47. The third kappa shape index (κ3) is 3.33. The molecular formula is C14H19BrN2O. The molecule has 1 aliphatic rings. The Kier molecular flexibility index (Phi) is 4.78. The van der Waals surface area contributed by atoms with E-state index in [9.17, 15) is 4.79 Å². The Morgan fingerprint density at radius 2 is 2.39 bits per heavy atom. The van der Waals surface area contributed by atoms with Gasteiger partial charge in [-0.25, -0.2) is 0 Å². The number of hydrogen-bond acceptors (Lipinski definition) is 2. The van der Waals surface area contributed by atoms with Crippen molar-refractivity contribution in [2.75, 3.05) is 19.6 Å². The van der Waals surface area contributed by atoms with E-state index in [1.54, 1.807) is 0 Å². The average molecular weight is 311 g/mol. The van der Waals surface area contributed by atoms with Crippen molar-refractivity contribution in [2.45, 2.75) is 25.8 Å². The predicted octanol–water partition coefficient (Wildman–Crippen LogP) is 2.20. The SMILES string of the molecule is CCN(C(=O)Cc1cccc(Br)c1)C1CCNC1. The largest absolute Gasteiger partial charge is 0.338 e. The summed E-state index contributed by atoms with van der Waals surface area (Å²) in [5.74, 6) is 0.226. The summed E-state index contributed by atoms with van der Waals surface area (Å²) >= 11 is 3.44. The number of benzene rings is 1. The standard InChI is InChI=1S/C14H19BrN2O/c1-2-17(13-6-7-16-10-13)14(18)9-11-4-3-5-12(15)8-11/h3-5,8,13,16H,2,6-7,9-10H2,1H3. The zero-order chi connectivity index (χ0) is 13.0. The van der Waals surface area contributed by atoms with Gasteiger partial charge in [0.05, 0.1) is 6.42 Å². The minimum absolute atomic E-state index is 0.226. The van der Waals surface area contributed by atoms with Crippen LogP contribution >= 0.6 is 15.9 Å². The highest BCUT2D eigenvalue weighted by Gasteiger charge is 2.24. The number of amides is 1. The lowest BCUT2D eigenvalue weighted by molar-refractivity contribution is -0.132. The molecule has 4 heteroatoms. The molecule has 1 heterocycles. The van der Waals surface area contributed by atoms with Gasteiger partial charge in [-0.05, 0) is 37.6 Å². The first kappa shape index (κ1) is 13.6. The first-order valence-electron chi connectivity index (χ1n) is 6.45. The van der Waals surface area contributed by atoms with Crippen molar-refractivity contribution >= 4 is 21.8 Å². The zero-order valence-corrected chi connectivity index (χ0v) is 12.2. The van der Waals surface area contributed by atoms with Crippen LogP contribution in [0.15, 0.2) is 28.7 Å². The van der Waals surface area contributed by atoms with Crippen molar-refractivity contribution < 1.29 is 4.79 Å². The molecule has 0 radical (unpaired) electrons. The molecule has 1 saturated heterocycles. The predicted molar refractivity (Wildman–Crippen MR) is 76.5 cm³/mol. The summed E-state index contributed by atoms with van der Waals surface area (Å²) in [5, 5.41) is 3.31. The van der Waals surface area contributed by atoms with Crippen molar-refractivity contribution in [3.8, 4) is 0 Å². The molecule has 3 nitrogen and oxygen atoms in total. The van der Waals surface area contributed by atoms with E-state index in [-0.39, 0.29) is 5.91 Å². The van der Waals surface area contributed by atoms with Gasteiger partial charge in [-0.1, -0.05) is 28.1 Å². The summed E-state index contributed by atoms with van der Waals surface area (Å²) < 4.78 is 1.03. The third-order valence-electron chi connectivity index (χ3n) is 3.38. The number of hydrogen-bond donors (Lipinski definition) is 1. The van der Waals surface area contributed by atoms with E-state index in [1.807, 2.05) is 29.2 Å². The number of likely N-dealkylation sites (N-methyl/N-ethyl adjacent to an activating group) is 1. The first-order chi connectivity index (χ1) is 8.70. The van der Waals surface area contributed by atoms with Gasteiger partial charge in [0.1, 0.15) is 0 Å². The van der Waals surface area contributed by atoms with E-state index in [1.165, 1.54) is 0 Å². The Labute approximate surface area is 117 Å². The molecule has 0 aromatic heterocycles. The molecule has 1 aliphatic heterocycles. The topological polar surface area (TPSA) is 32.3 Å². The summed E-state index contributed by atoms with van der Waals surface area (Å²) in [5.41, 5.74) is 1.07. The van der Waals surface area contributed by atoms with E-state index in [0.717, 1.165) is 36.1 Å². The van der Waals surface area contributed by atoms with Gasteiger partial charge < -0.3 is 10.2 Å². The smallest absolute Gasteiger partial charge is 0.227 e. The van der Waals surface area contributed by atoms with Gasteiger partial charge in [0, 0.05) is 23.6 Å². The molecule has 1 atom stereocenters. The van der Waals surface area contributed by atoms with Gasteiger partial charge in [-0.2, -0.15) is 0 Å². The van der Waals surface area contributed by atoms with Crippen LogP contribution in [0.3, 0.4) is 0 Å². The summed E-state index contributed by atoms with van der Waals surface area (Å²) in [6.45, 7) is 4.79. The fraction of sp³-hybridized carbons (Fsp3) is 0.500. The Hall–Kier alpha value is -0.870. The summed E-state index contributed by atoms with van der Waals surface area (Å²) in [7, 11) is 0. The minimum atomic E-state index is 0.226. The number of nitrogens with one attached hydrogen (secondary N) is 1. The number of halogens is 1. The minimum Gasteiger partial charge on any atom is -0.338 e. The van der Waals surface area contributed by atoms with Crippen molar-refractivity contribution in [3.05, 3.63) is 34.3 Å². The molecule has 1 unspecified atom stereocenters. The Morgan fingerprint density at radius 1 is 1.56 bits per heavy atom. The normalized spacial score (nSPS) is 18.9. The monoisotopic (exact) mass is 310 g/mol. The summed E-state index contributed by atoms with van der Waals surface area (Å²) in [6, 6.07) is 8.34. The zero-order valence-electron chi connectivity index (χ0n) is 10.7. The molecule has 0 saturated carbocycles. The Morgan fingerprint density at radius 3 is 3.00 bits per heavy atom. The van der Waals surface area contributed by atoms with E-state index >= 15 is 0 Å². The first-order valence-corrected chi connectivity index (χ1v) is 7.24. The molecule has 1 aromatic rings. The van der Waals surface area contributed by atoms with E-state index in [0.29, 0.717) is 12.5 Å². The summed E-state index contributed by atoms with van der Waals surface area (Å²) in [4.78, 5) is 14.3. The van der Waals surface area contributed by atoms with Crippen LogP contribution < -0.4 is 5.32 Å². The number of carbonyl (C=O) groups is 1. The average Bonchev–Trinajstić information content (AvgIpc) is 2.83. The number of nitrogens with zero attached hydrogens (tertiary/aromatic N) is 1. The fourth-order valence-corrected chi connectivity index (χ4v) is 2.91. The van der Waals surface area contributed by atoms with Crippen LogP contribution in [-0.2, 0) is 11.2 Å². The van der Waals surface area contributed by atoms with Gasteiger partial charge in [0.2, 0.25) is 5.91 Å². The van der Waals surface area contributed by atoms with E-state index in [2.05, 4.69) is 28.2 Å². The number of carbonyl (C=O) groups excluding carboxylic acids is 1. The highest BCUT2D eigenvalue weighted by molar-refractivity contribution is 9.10. The van der Waals surface area contributed by atoms with Gasteiger partial charge >= 0.3 is 0 Å². The number of rotatable bonds is 4. The molecule has 18 heavy (non-hydrogen) atoms. The second kappa shape index (κ2) is 6.34. The van der Waals surface area contributed by atoms with Crippen LogP contribution in [0.4, 0.5) is 0 Å². The lowest BCUT2D eigenvalue weighted by Crippen LogP contribution is -2.42. The molecular weight excluding hydrogens is 292 g/mol. The van der Waals surface area contributed by atoms with Gasteiger partial charge in [0.15, 0.2) is 0 Å². The maximum atomic E-state index is 12.3. The molecule has 1 amide bonds. The molecule has 1 N–H and O–H groups in total. The quantitative estimate of drug-likeness (QED) is 0.924. The van der Waals surface area contributed by atoms with E-state index in [4.69, 9.17) is 0 Å². The second-order valence-electron chi connectivity index (χ2n) is 4.63. The van der Waals surface area contributed by atoms with Crippen molar-refractivity contribution in [1.82, 2.24) is 10.2 Å². The van der Waals surface area contributed by atoms with Crippen LogP contribution in [0.5, 0.6) is 0 Å². The second-order valence-corrected chi connectivity index (χ2v) is 5.55. The Balaban J connectivity index is 2.01. The van der Waals surface area contributed by atoms with Crippen LogP contribution in [-0.4, -0.2) is 36.5 Å². The van der Waals surface area contributed by atoms with Crippen molar-refractivity contribution in [3.63, 3.8) is 0 Å². The lowest BCUT2D eigenvalue weighted by Gasteiger charge is -2.27. The van der Waals surface area contributed by atoms with Gasteiger partial charge in [-0.3, -0.25) is 4.79 Å². The Bertz CT molecular complexity index is 416. The molecule has 1 aromatic carbocycles. The van der Waals surface area contributed by atoms with Gasteiger partial charge in [0.25, 0.3) is 0 Å². The van der Waals surface area contributed by atoms with Crippen LogP contribution in [0.2, 0.25) is 0 Å². The van der Waals surface area contributed by atoms with Crippen LogP contribution in [0, 0.1) is 0 Å². The van der Waals surface area contributed by atoms with E-state index < -0.39 is 0 Å². The third-order valence-corrected chi connectivity index (χ3v) is 3.87. The van der Waals surface area contributed by atoms with Crippen molar-refractivity contribution in [1.29, 1.82) is 0 Å². The van der Waals surface area contributed by atoms with Crippen molar-refractivity contribution in [2.24, 2.45) is 0 Å². The molecule has 0 bridgehead atoms. The molecule has 0 aliphatic carbocycles. The summed E-state index contributed by atoms with van der Waals surface area (Å²) in [6.07, 6.45) is 1.56. The highest BCUT2D eigenvalue weighted by atomic mass is 79.9. The molecule has 0 spiro atoms. The highest BCUT2D eigenvalue weighted by Crippen LogP contribution is 2.15. The van der Waals surface area contributed by atoms with Crippen LogP contribution in [0.1, 0.15) is 18.9 Å². The lowest BCUT2D eigenvalue weighted by atomic mass is 10.1. The molecule has 98 valence electrons. The maximum Gasteiger partial charge on any atom is 0.227 e. The van der Waals surface area contributed by atoms with Crippen LogP contribution in [0.25, 0.3) is 0 Å².